The van der Waals surface area contributed by atoms with Crippen LogP contribution in [-0.4, -0.2) is 34.0 Å². The van der Waals surface area contributed by atoms with E-state index in [1.807, 2.05) is 55.4 Å². The summed E-state index contributed by atoms with van der Waals surface area (Å²) < 4.78 is 29.2. The smallest absolute Gasteiger partial charge is 0.241 e. The molecule has 0 aromatic heterocycles. The van der Waals surface area contributed by atoms with E-state index in [2.05, 4.69) is 20.7 Å². The van der Waals surface area contributed by atoms with E-state index in [-0.39, 0.29) is 6.04 Å². The molecule has 124 valence electrons. The number of nitrogens with one attached hydrogen (secondary N) is 1. The van der Waals surface area contributed by atoms with Gasteiger partial charge in [-0.05, 0) is 44.3 Å². The van der Waals surface area contributed by atoms with Crippen molar-refractivity contribution in [1.29, 1.82) is 0 Å². The van der Waals surface area contributed by atoms with Crippen molar-refractivity contribution in [1.82, 2.24) is 9.62 Å². The van der Waals surface area contributed by atoms with Crippen molar-refractivity contribution in [3.05, 3.63) is 64.1 Å². The van der Waals surface area contributed by atoms with Crippen LogP contribution in [0.3, 0.4) is 0 Å². The molecule has 0 amide bonds. The lowest BCUT2D eigenvalue weighted by atomic mass is 10.1. The standard InChI is InChI=1S/C17H21BrN2O2S/c1-13-9-10-15(18)11-17(13)23(21,22)19-16(12-20(2)3)14-7-5-4-6-8-14/h4-11,16,19H,12H2,1-3H3. The molecule has 0 aliphatic rings. The van der Waals surface area contributed by atoms with Crippen molar-refractivity contribution < 1.29 is 8.42 Å². The number of hydrogen-bond donors (Lipinski definition) is 1. The second-order valence-electron chi connectivity index (χ2n) is 5.76. The van der Waals surface area contributed by atoms with E-state index < -0.39 is 10.0 Å². The minimum atomic E-state index is -3.61. The van der Waals surface area contributed by atoms with E-state index in [1.165, 1.54) is 0 Å². The summed E-state index contributed by atoms with van der Waals surface area (Å²) in [5, 5.41) is 0. The highest BCUT2D eigenvalue weighted by atomic mass is 79.9. The first kappa shape index (κ1) is 18.1. The van der Waals surface area contributed by atoms with Crippen LogP contribution in [0.15, 0.2) is 57.9 Å². The summed E-state index contributed by atoms with van der Waals surface area (Å²) in [4.78, 5) is 2.26. The number of rotatable bonds is 6. The normalized spacial score (nSPS) is 13.3. The zero-order chi connectivity index (χ0) is 17.0. The van der Waals surface area contributed by atoms with Crippen LogP contribution in [0.4, 0.5) is 0 Å². The predicted molar refractivity (Wildman–Crippen MR) is 96.9 cm³/mol. The van der Waals surface area contributed by atoms with E-state index in [9.17, 15) is 8.42 Å². The summed E-state index contributed by atoms with van der Waals surface area (Å²) in [5.74, 6) is 0. The first-order valence-electron chi connectivity index (χ1n) is 7.28. The Morgan fingerprint density at radius 3 is 2.39 bits per heavy atom. The van der Waals surface area contributed by atoms with Crippen LogP contribution >= 0.6 is 15.9 Å². The number of benzene rings is 2. The lowest BCUT2D eigenvalue weighted by Gasteiger charge is -2.23. The van der Waals surface area contributed by atoms with E-state index in [4.69, 9.17) is 0 Å². The van der Waals surface area contributed by atoms with Crippen molar-refractivity contribution in [2.75, 3.05) is 20.6 Å². The van der Waals surface area contributed by atoms with Gasteiger partial charge in [0.15, 0.2) is 0 Å². The van der Waals surface area contributed by atoms with Crippen LogP contribution in [0.25, 0.3) is 0 Å². The molecule has 0 bridgehead atoms. The van der Waals surface area contributed by atoms with Gasteiger partial charge in [-0.15, -0.1) is 0 Å². The van der Waals surface area contributed by atoms with Gasteiger partial charge in [0.05, 0.1) is 10.9 Å². The van der Waals surface area contributed by atoms with Crippen molar-refractivity contribution in [2.24, 2.45) is 0 Å². The third kappa shape index (κ3) is 4.88. The second kappa shape index (κ2) is 7.57. The highest BCUT2D eigenvalue weighted by Gasteiger charge is 2.23. The van der Waals surface area contributed by atoms with Gasteiger partial charge in [0.25, 0.3) is 0 Å². The minimum Gasteiger partial charge on any atom is -0.307 e. The minimum absolute atomic E-state index is 0.298. The summed E-state index contributed by atoms with van der Waals surface area (Å²) in [6.07, 6.45) is 0. The van der Waals surface area contributed by atoms with Crippen molar-refractivity contribution in [2.45, 2.75) is 17.9 Å². The lowest BCUT2D eigenvalue weighted by molar-refractivity contribution is 0.363. The SMILES string of the molecule is Cc1ccc(Br)cc1S(=O)(=O)NC(CN(C)C)c1ccccc1. The lowest BCUT2D eigenvalue weighted by Crippen LogP contribution is -2.35. The summed E-state index contributed by atoms with van der Waals surface area (Å²) >= 11 is 3.34. The zero-order valence-corrected chi connectivity index (χ0v) is 15.9. The van der Waals surface area contributed by atoms with Crippen LogP contribution in [0, 0.1) is 6.92 Å². The van der Waals surface area contributed by atoms with Crippen LogP contribution < -0.4 is 4.72 Å². The van der Waals surface area contributed by atoms with Gasteiger partial charge in [-0.3, -0.25) is 0 Å². The first-order valence-corrected chi connectivity index (χ1v) is 9.55. The summed E-state index contributed by atoms with van der Waals surface area (Å²) in [5.41, 5.74) is 1.66. The molecule has 2 aromatic carbocycles. The molecule has 6 heteroatoms. The van der Waals surface area contributed by atoms with Crippen LogP contribution in [0.5, 0.6) is 0 Å². The Kier molecular flexibility index (Phi) is 5.97. The van der Waals surface area contributed by atoms with Gasteiger partial charge in [-0.1, -0.05) is 52.3 Å². The zero-order valence-electron chi connectivity index (χ0n) is 13.5. The Labute approximate surface area is 146 Å². The molecule has 1 unspecified atom stereocenters. The van der Waals surface area contributed by atoms with Gasteiger partial charge in [0, 0.05) is 11.0 Å². The molecular weight excluding hydrogens is 376 g/mol. The maximum absolute atomic E-state index is 12.8. The molecule has 23 heavy (non-hydrogen) atoms. The average molecular weight is 397 g/mol. The summed E-state index contributed by atoms with van der Waals surface area (Å²) in [7, 11) is 0.237. The second-order valence-corrected chi connectivity index (χ2v) is 8.35. The molecule has 0 aliphatic carbocycles. The fourth-order valence-corrected chi connectivity index (χ4v) is 4.37. The number of likely N-dealkylation sites (N-methyl/N-ethyl adjacent to an activating group) is 1. The van der Waals surface area contributed by atoms with E-state index in [0.29, 0.717) is 11.4 Å². The first-order chi connectivity index (χ1) is 10.8. The highest BCUT2D eigenvalue weighted by Crippen LogP contribution is 2.23. The molecule has 0 spiro atoms. The fraction of sp³-hybridized carbons (Fsp3) is 0.294. The number of aryl methyl sites for hydroxylation is 1. The van der Waals surface area contributed by atoms with Gasteiger partial charge < -0.3 is 4.90 Å². The van der Waals surface area contributed by atoms with Gasteiger partial charge in [0.2, 0.25) is 10.0 Å². The maximum Gasteiger partial charge on any atom is 0.241 e. The van der Waals surface area contributed by atoms with Gasteiger partial charge in [0.1, 0.15) is 0 Å². The molecule has 1 N–H and O–H groups in total. The number of nitrogens with zero attached hydrogens (tertiary/aromatic N) is 1. The van der Waals surface area contributed by atoms with Gasteiger partial charge in [-0.2, -0.15) is 0 Å². The third-order valence-electron chi connectivity index (χ3n) is 3.49. The summed E-state index contributed by atoms with van der Waals surface area (Å²) in [6.45, 7) is 2.38. The van der Waals surface area contributed by atoms with Crippen LogP contribution in [-0.2, 0) is 10.0 Å². The van der Waals surface area contributed by atoms with E-state index in [1.54, 1.807) is 19.1 Å². The molecule has 0 radical (unpaired) electrons. The molecule has 4 nitrogen and oxygen atoms in total. The Bertz CT molecular complexity index is 761. The van der Waals surface area contributed by atoms with Crippen molar-refractivity contribution in [3.8, 4) is 0 Å². The third-order valence-corrected chi connectivity index (χ3v) is 5.59. The molecular formula is C17H21BrN2O2S. The van der Waals surface area contributed by atoms with Crippen LogP contribution in [0.2, 0.25) is 0 Å². The van der Waals surface area contributed by atoms with Gasteiger partial charge in [-0.25, -0.2) is 13.1 Å². The Hall–Kier alpha value is -1.21. The van der Waals surface area contributed by atoms with E-state index >= 15 is 0 Å². The molecule has 0 heterocycles. The number of sulfonamides is 1. The molecule has 1 atom stereocenters. The van der Waals surface area contributed by atoms with Gasteiger partial charge >= 0.3 is 0 Å². The van der Waals surface area contributed by atoms with Crippen molar-refractivity contribution in [3.63, 3.8) is 0 Å². The Morgan fingerprint density at radius 2 is 1.78 bits per heavy atom. The van der Waals surface area contributed by atoms with Crippen LogP contribution in [0.1, 0.15) is 17.2 Å². The molecule has 2 aromatic rings. The van der Waals surface area contributed by atoms with E-state index in [0.717, 1.165) is 15.6 Å². The topological polar surface area (TPSA) is 49.4 Å². The molecule has 0 fully saturated rings. The highest BCUT2D eigenvalue weighted by molar-refractivity contribution is 9.10. The molecule has 0 saturated heterocycles. The predicted octanol–water partition coefficient (Wildman–Crippen LogP) is 3.34. The number of hydrogen-bond acceptors (Lipinski definition) is 3. The maximum atomic E-state index is 12.8. The number of halogens is 1. The average Bonchev–Trinajstić information content (AvgIpc) is 2.49. The molecule has 0 aliphatic heterocycles. The van der Waals surface area contributed by atoms with Crippen molar-refractivity contribution >= 4 is 26.0 Å². The molecule has 2 rings (SSSR count). The largest absolute Gasteiger partial charge is 0.307 e. The monoisotopic (exact) mass is 396 g/mol. The summed E-state index contributed by atoms with van der Waals surface area (Å²) in [6, 6.07) is 14.6. The Balaban J connectivity index is 2.36. The molecule has 0 saturated carbocycles. The quantitative estimate of drug-likeness (QED) is 0.814. The Morgan fingerprint density at radius 1 is 1.13 bits per heavy atom. The fourth-order valence-electron chi connectivity index (χ4n) is 2.38.